The summed E-state index contributed by atoms with van der Waals surface area (Å²) in [6.07, 6.45) is 17.9. The van der Waals surface area contributed by atoms with Gasteiger partial charge in [0, 0.05) is 11.6 Å². The highest BCUT2D eigenvalue weighted by Crippen LogP contribution is 2.55. The highest BCUT2D eigenvalue weighted by Gasteiger charge is 2.55. The molecule has 0 aromatic rings. The van der Waals surface area contributed by atoms with E-state index in [1.165, 1.54) is 63.5 Å². The van der Waals surface area contributed by atoms with Crippen molar-refractivity contribution in [1.29, 1.82) is 0 Å². The summed E-state index contributed by atoms with van der Waals surface area (Å²) in [5.74, 6) is 0.657. The number of allylic oxidation sites excluding steroid dienone is 5. The minimum Gasteiger partial charge on any atom is -0.394 e. The molecule has 2 heterocycles. The molecule has 3 aliphatic carbocycles. The summed E-state index contributed by atoms with van der Waals surface area (Å²) in [4.78, 5) is 12.8. The van der Waals surface area contributed by atoms with Crippen LogP contribution in [0.3, 0.4) is 0 Å². The van der Waals surface area contributed by atoms with Gasteiger partial charge in [0.2, 0.25) is 0 Å². The normalized spacial score (nSPS) is 34.0. The zero-order chi connectivity index (χ0) is 18.6. The van der Waals surface area contributed by atoms with Crippen LogP contribution in [0.5, 0.6) is 0 Å². The Morgan fingerprint density at radius 1 is 1.22 bits per heavy atom. The average Bonchev–Trinajstić information content (AvgIpc) is 2.99. The first-order valence-electron chi connectivity index (χ1n) is 10.7. The van der Waals surface area contributed by atoms with E-state index < -0.39 is 5.54 Å². The Balaban J connectivity index is 1.63. The summed E-state index contributed by atoms with van der Waals surface area (Å²) >= 11 is 0. The van der Waals surface area contributed by atoms with E-state index in [-0.39, 0.29) is 12.3 Å². The first-order valence-corrected chi connectivity index (χ1v) is 10.7. The molecule has 5 aliphatic rings. The van der Waals surface area contributed by atoms with Crippen LogP contribution < -0.4 is 0 Å². The van der Waals surface area contributed by atoms with Crippen LogP contribution in [0.1, 0.15) is 71.6 Å². The lowest BCUT2D eigenvalue weighted by molar-refractivity contribution is 0.0498. The number of hydrogen-bond acceptors (Lipinski definition) is 4. The summed E-state index contributed by atoms with van der Waals surface area (Å²) in [7, 11) is 0. The fourth-order valence-electron chi connectivity index (χ4n) is 5.74. The summed E-state index contributed by atoms with van der Waals surface area (Å²) in [5.41, 5.74) is 6.13. The van der Waals surface area contributed by atoms with Crippen molar-refractivity contribution in [1.82, 2.24) is 4.90 Å². The van der Waals surface area contributed by atoms with Crippen molar-refractivity contribution in [2.24, 2.45) is 15.9 Å². The molecule has 2 atom stereocenters. The van der Waals surface area contributed by atoms with E-state index >= 15 is 0 Å². The Morgan fingerprint density at radius 2 is 2.07 bits per heavy atom. The molecule has 4 nitrogen and oxygen atoms in total. The maximum absolute atomic E-state index is 9.61. The quantitative estimate of drug-likeness (QED) is 0.731. The van der Waals surface area contributed by atoms with Crippen molar-refractivity contribution in [2.75, 3.05) is 6.61 Å². The highest BCUT2D eigenvalue weighted by atomic mass is 16.3. The van der Waals surface area contributed by atoms with Gasteiger partial charge in [0.25, 0.3) is 0 Å². The minimum atomic E-state index is -0.452. The van der Waals surface area contributed by atoms with Gasteiger partial charge < -0.3 is 10.0 Å². The zero-order valence-corrected chi connectivity index (χ0v) is 16.7. The second-order valence-corrected chi connectivity index (χ2v) is 9.49. The second-order valence-electron chi connectivity index (χ2n) is 9.49. The predicted molar refractivity (Wildman–Crippen MR) is 110 cm³/mol. The van der Waals surface area contributed by atoms with E-state index in [0.717, 1.165) is 11.4 Å². The van der Waals surface area contributed by atoms with Crippen LogP contribution in [-0.2, 0) is 0 Å². The number of nitrogens with zero attached hydrogens (tertiary/aromatic N) is 3. The molecule has 0 bridgehead atoms. The van der Waals surface area contributed by atoms with Crippen LogP contribution in [0.2, 0.25) is 0 Å². The van der Waals surface area contributed by atoms with Gasteiger partial charge >= 0.3 is 0 Å². The Morgan fingerprint density at radius 3 is 2.93 bits per heavy atom. The smallest absolute Gasteiger partial charge is 0.139 e. The zero-order valence-electron chi connectivity index (χ0n) is 16.7. The predicted octanol–water partition coefficient (Wildman–Crippen LogP) is 4.53. The molecular weight excluding hydrogens is 334 g/mol. The third-order valence-electron chi connectivity index (χ3n) is 7.03. The topological polar surface area (TPSA) is 48.2 Å². The Kier molecular flexibility index (Phi) is 3.98. The molecule has 0 aromatic carbocycles. The highest BCUT2D eigenvalue weighted by molar-refractivity contribution is 6.22. The molecule has 5 rings (SSSR count). The van der Waals surface area contributed by atoms with Crippen molar-refractivity contribution in [3.8, 4) is 0 Å². The molecule has 144 valence electrons. The number of aliphatic hydroxyl groups is 1. The van der Waals surface area contributed by atoms with E-state index in [2.05, 4.69) is 23.1 Å². The van der Waals surface area contributed by atoms with Crippen LogP contribution in [0, 0.1) is 5.92 Å². The lowest BCUT2D eigenvalue weighted by atomic mass is 9.70. The van der Waals surface area contributed by atoms with Crippen molar-refractivity contribution in [3.05, 3.63) is 35.2 Å². The van der Waals surface area contributed by atoms with Crippen LogP contribution in [0.4, 0.5) is 0 Å². The largest absolute Gasteiger partial charge is 0.394 e. The molecule has 0 radical (unpaired) electrons. The maximum Gasteiger partial charge on any atom is 0.139 e. The van der Waals surface area contributed by atoms with Crippen LogP contribution in [-0.4, -0.2) is 39.2 Å². The van der Waals surface area contributed by atoms with Gasteiger partial charge in [0.05, 0.1) is 29.3 Å². The van der Waals surface area contributed by atoms with E-state index in [0.29, 0.717) is 5.92 Å². The molecule has 4 heteroatoms. The molecule has 2 aliphatic heterocycles. The summed E-state index contributed by atoms with van der Waals surface area (Å²) < 4.78 is 0. The molecule has 0 saturated heterocycles. The van der Waals surface area contributed by atoms with Gasteiger partial charge in [-0.3, -0.25) is 9.98 Å². The third-order valence-corrected chi connectivity index (χ3v) is 7.03. The van der Waals surface area contributed by atoms with Crippen molar-refractivity contribution in [2.45, 2.75) is 82.8 Å². The van der Waals surface area contributed by atoms with Gasteiger partial charge in [-0.25, -0.2) is 0 Å². The van der Waals surface area contributed by atoms with E-state index in [1.807, 2.05) is 13.8 Å². The van der Waals surface area contributed by atoms with Gasteiger partial charge in [-0.1, -0.05) is 12.0 Å². The second kappa shape index (κ2) is 6.16. The van der Waals surface area contributed by atoms with Crippen LogP contribution in [0.15, 0.2) is 45.2 Å². The molecule has 0 amide bonds. The van der Waals surface area contributed by atoms with Gasteiger partial charge in [0.15, 0.2) is 0 Å². The van der Waals surface area contributed by atoms with Crippen LogP contribution >= 0.6 is 0 Å². The van der Waals surface area contributed by atoms with Crippen molar-refractivity contribution < 1.29 is 5.11 Å². The Labute approximate surface area is 162 Å². The molecule has 0 unspecified atom stereocenters. The fraction of sp³-hybridized carbons (Fsp3) is 0.652. The van der Waals surface area contributed by atoms with Gasteiger partial charge in [-0.15, -0.1) is 0 Å². The molecule has 1 fully saturated rings. The number of rotatable bonds is 2. The average molecular weight is 366 g/mol. The molecule has 1 saturated carbocycles. The van der Waals surface area contributed by atoms with E-state index in [9.17, 15) is 5.11 Å². The third kappa shape index (κ3) is 2.67. The number of hydrogen-bond donors (Lipinski definition) is 1. The minimum absolute atomic E-state index is 0.0398. The molecule has 0 aromatic heterocycles. The standard InChI is InChI=1S/C23H31N3O/c1-22(2,15-27)24-18-10-11-19-21(14-18)26-20-9-4-3-7-16(20)13-17-8-5-6-12-23(17,26)25-19/h10-11,14,17,27H,3-9,12-13,15H2,1-2H3/t17-,23+/m1/s1. The molecular formula is C23H31N3O. The van der Waals surface area contributed by atoms with Gasteiger partial charge in [-0.2, -0.15) is 0 Å². The first-order chi connectivity index (χ1) is 13.0. The van der Waals surface area contributed by atoms with Crippen LogP contribution in [0.25, 0.3) is 0 Å². The fourth-order valence-corrected chi connectivity index (χ4v) is 5.74. The summed E-state index contributed by atoms with van der Waals surface area (Å²) in [6, 6.07) is 0. The monoisotopic (exact) mass is 365 g/mol. The lowest BCUT2D eigenvalue weighted by Crippen LogP contribution is -2.53. The van der Waals surface area contributed by atoms with Gasteiger partial charge in [0.1, 0.15) is 5.66 Å². The van der Waals surface area contributed by atoms with Crippen molar-refractivity contribution >= 4 is 11.4 Å². The number of aliphatic hydroxyl groups excluding tert-OH is 1. The van der Waals surface area contributed by atoms with E-state index in [1.54, 1.807) is 11.3 Å². The molecule has 27 heavy (non-hydrogen) atoms. The lowest BCUT2D eigenvalue weighted by Gasteiger charge is -2.52. The number of fused-ring (bicyclic) bond motifs is 3. The molecule has 1 N–H and O–H groups in total. The summed E-state index contributed by atoms with van der Waals surface area (Å²) in [5, 5.41) is 9.61. The molecule has 1 spiro atoms. The Hall–Kier alpha value is -1.68. The van der Waals surface area contributed by atoms with Gasteiger partial charge in [-0.05, 0) is 83.4 Å². The summed E-state index contributed by atoms with van der Waals surface area (Å²) in [6.45, 7) is 4.01. The number of aliphatic imine (C=N–C) groups is 2. The Bertz CT molecular complexity index is 813. The SMILES string of the molecule is CC(C)(CO)N=C1C=CC2=N[C@]34CCCC[C@@H]3CC3=C(CCCC3)N4C2=C1. The van der Waals surface area contributed by atoms with E-state index in [4.69, 9.17) is 9.98 Å². The maximum atomic E-state index is 9.61. The van der Waals surface area contributed by atoms with Crippen molar-refractivity contribution in [3.63, 3.8) is 0 Å². The first kappa shape index (κ1) is 17.4.